The predicted octanol–water partition coefficient (Wildman–Crippen LogP) is 2.02. The number of hydrogen-bond acceptors (Lipinski definition) is 3. The quantitative estimate of drug-likeness (QED) is 0.835. The molecule has 0 fully saturated rings. The summed E-state index contributed by atoms with van der Waals surface area (Å²) in [5.74, 6) is -0.0550. The molecule has 1 rings (SSSR count). The molecule has 3 nitrogen and oxygen atoms in total. The number of aryl methyl sites for hydroxylation is 2. The van der Waals surface area contributed by atoms with E-state index in [2.05, 4.69) is 25.2 Å². The van der Waals surface area contributed by atoms with E-state index in [0.717, 1.165) is 0 Å². The van der Waals surface area contributed by atoms with Gasteiger partial charge in [-0.2, -0.15) is 0 Å². The number of carbonyl (C=O) groups excluding carboxylic acids is 1. The number of rotatable bonds is 5. The third-order valence-corrected chi connectivity index (χ3v) is 3.27. The molecule has 0 atom stereocenters. The van der Waals surface area contributed by atoms with Crippen LogP contribution in [0.5, 0.6) is 0 Å². The van der Waals surface area contributed by atoms with Gasteiger partial charge in [0.15, 0.2) is 0 Å². The zero-order chi connectivity index (χ0) is 11.3. The Balaban J connectivity index is 2.33. The highest BCUT2D eigenvalue weighted by Gasteiger charge is 2.04. The van der Waals surface area contributed by atoms with Gasteiger partial charge in [-0.1, -0.05) is 0 Å². The van der Waals surface area contributed by atoms with Gasteiger partial charge in [0.25, 0.3) is 0 Å². The normalized spacial score (nSPS) is 10.3. The summed E-state index contributed by atoms with van der Waals surface area (Å²) in [5.41, 5.74) is 1.29. The van der Waals surface area contributed by atoms with Gasteiger partial charge in [-0.25, -0.2) is 0 Å². The molecule has 1 N–H and O–H groups in total. The van der Waals surface area contributed by atoms with Crippen molar-refractivity contribution >= 4 is 17.2 Å². The second-order valence-corrected chi connectivity index (χ2v) is 4.71. The van der Waals surface area contributed by atoms with Crippen molar-refractivity contribution in [3.63, 3.8) is 0 Å². The van der Waals surface area contributed by atoms with Crippen LogP contribution in [-0.4, -0.2) is 19.1 Å². The van der Waals surface area contributed by atoms with E-state index in [9.17, 15) is 4.79 Å². The molecule has 0 aliphatic rings. The molecule has 15 heavy (non-hydrogen) atoms. The van der Waals surface area contributed by atoms with E-state index in [-0.39, 0.29) is 12.5 Å². The molecule has 0 unspecified atom stereocenters. The van der Waals surface area contributed by atoms with Gasteiger partial charge in [0.2, 0.25) is 5.91 Å². The van der Waals surface area contributed by atoms with Crippen LogP contribution in [0.4, 0.5) is 0 Å². The summed E-state index contributed by atoms with van der Waals surface area (Å²) in [4.78, 5) is 13.7. The highest BCUT2D eigenvalue weighted by Crippen LogP contribution is 2.20. The Morgan fingerprint density at radius 3 is 2.80 bits per heavy atom. The van der Waals surface area contributed by atoms with Crippen molar-refractivity contribution in [3.8, 4) is 0 Å². The van der Waals surface area contributed by atoms with Gasteiger partial charge < -0.3 is 10.1 Å². The molecule has 1 aromatic rings. The molecule has 1 amide bonds. The average Bonchev–Trinajstić information content (AvgIpc) is 2.52. The van der Waals surface area contributed by atoms with E-state index in [1.165, 1.54) is 15.3 Å². The first-order chi connectivity index (χ1) is 7.13. The molecule has 4 heteroatoms. The van der Waals surface area contributed by atoms with Gasteiger partial charge >= 0.3 is 0 Å². The lowest BCUT2D eigenvalue weighted by Gasteiger charge is -2.02. The molecule has 0 aliphatic carbocycles. The lowest BCUT2D eigenvalue weighted by Crippen LogP contribution is -2.26. The molecule has 0 aliphatic heterocycles. The fraction of sp³-hybridized carbons (Fsp3) is 0.545. The Hall–Kier alpha value is -0.870. The van der Waals surface area contributed by atoms with Crippen molar-refractivity contribution in [1.82, 2.24) is 5.32 Å². The Bertz CT molecular complexity index is 314. The molecule has 1 heterocycles. The number of amides is 1. The van der Waals surface area contributed by atoms with Crippen LogP contribution in [0.2, 0.25) is 0 Å². The average molecular weight is 227 g/mol. The van der Waals surface area contributed by atoms with Crippen molar-refractivity contribution in [3.05, 3.63) is 21.4 Å². The number of carbonyl (C=O) groups is 1. The largest absolute Gasteiger partial charge is 0.372 e. The Morgan fingerprint density at radius 1 is 1.53 bits per heavy atom. The fourth-order valence-electron chi connectivity index (χ4n) is 1.17. The molecule has 84 valence electrons. The second kappa shape index (κ2) is 5.88. The summed E-state index contributed by atoms with van der Waals surface area (Å²) in [6, 6.07) is 2.11. The number of hydrogen-bond donors (Lipinski definition) is 1. The topological polar surface area (TPSA) is 38.3 Å². The van der Waals surface area contributed by atoms with Gasteiger partial charge in [0.05, 0.1) is 6.54 Å². The van der Waals surface area contributed by atoms with Crippen LogP contribution in [0.15, 0.2) is 6.07 Å². The van der Waals surface area contributed by atoms with Crippen LogP contribution in [0.25, 0.3) is 0 Å². The van der Waals surface area contributed by atoms with Crippen molar-refractivity contribution in [2.75, 3.05) is 13.2 Å². The van der Waals surface area contributed by atoms with Crippen molar-refractivity contribution in [2.45, 2.75) is 27.3 Å². The molecular weight excluding hydrogens is 210 g/mol. The SMILES string of the molecule is CCOCC(=O)NCc1cc(C)c(C)s1. The molecular formula is C11H17NO2S. The summed E-state index contributed by atoms with van der Waals surface area (Å²) < 4.78 is 5.00. The van der Waals surface area contributed by atoms with Crippen molar-refractivity contribution in [1.29, 1.82) is 0 Å². The maximum atomic E-state index is 11.2. The van der Waals surface area contributed by atoms with Crippen molar-refractivity contribution < 1.29 is 9.53 Å². The highest BCUT2D eigenvalue weighted by atomic mass is 32.1. The fourth-order valence-corrected chi connectivity index (χ4v) is 2.16. The standard InChI is InChI=1S/C11H17NO2S/c1-4-14-7-11(13)12-6-10-5-8(2)9(3)15-10/h5H,4,6-7H2,1-3H3,(H,12,13). The number of ether oxygens (including phenoxy) is 1. The summed E-state index contributed by atoms with van der Waals surface area (Å²) in [7, 11) is 0. The maximum Gasteiger partial charge on any atom is 0.246 e. The number of thiophene rings is 1. The van der Waals surface area contributed by atoms with E-state index in [1.54, 1.807) is 11.3 Å². The third kappa shape index (κ3) is 4.01. The zero-order valence-corrected chi connectivity index (χ0v) is 10.2. The van der Waals surface area contributed by atoms with E-state index in [4.69, 9.17) is 4.74 Å². The summed E-state index contributed by atoms with van der Waals surface area (Å²) in [6.07, 6.45) is 0. The predicted molar refractivity (Wildman–Crippen MR) is 62.1 cm³/mol. The Kier molecular flexibility index (Phi) is 4.78. The van der Waals surface area contributed by atoms with E-state index in [1.807, 2.05) is 6.92 Å². The van der Waals surface area contributed by atoms with Crippen LogP contribution in [0, 0.1) is 13.8 Å². The highest BCUT2D eigenvalue weighted by molar-refractivity contribution is 7.12. The lowest BCUT2D eigenvalue weighted by molar-refractivity contribution is -0.125. The molecule has 0 bridgehead atoms. The van der Waals surface area contributed by atoms with Gasteiger partial charge in [-0.15, -0.1) is 11.3 Å². The van der Waals surface area contributed by atoms with Crippen LogP contribution >= 0.6 is 11.3 Å². The van der Waals surface area contributed by atoms with Crippen molar-refractivity contribution in [2.24, 2.45) is 0 Å². The van der Waals surface area contributed by atoms with E-state index >= 15 is 0 Å². The minimum absolute atomic E-state index is 0.0550. The minimum Gasteiger partial charge on any atom is -0.372 e. The van der Waals surface area contributed by atoms with E-state index < -0.39 is 0 Å². The first kappa shape index (κ1) is 12.2. The first-order valence-electron chi connectivity index (χ1n) is 5.03. The minimum atomic E-state index is -0.0550. The molecule has 1 aromatic heterocycles. The van der Waals surface area contributed by atoms with Crippen LogP contribution in [-0.2, 0) is 16.1 Å². The van der Waals surface area contributed by atoms with Gasteiger partial charge in [0, 0.05) is 16.4 Å². The maximum absolute atomic E-state index is 11.2. The van der Waals surface area contributed by atoms with Gasteiger partial charge in [-0.3, -0.25) is 4.79 Å². The monoisotopic (exact) mass is 227 g/mol. The lowest BCUT2D eigenvalue weighted by atomic mass is 10.3. The molecule has 0 spiro atoms. The van der Waals surface area contributed by atoms with Gasteiger partial charge in [-0.05, 0) is 32.4 Å². The summed E-state index contributed by atoms with van der Waals surface area (Å²) in [5, 5.41) is 2.82. The van der Waals surface area contributed by atoms with Gasteiger partial charge in [0.1, 0.15) is 6.61 Å². The first-order valence-corrected chi connectivity index (χ1v) is 5.85. The summed E-state index contributed by atoms with van der Waals surface area (Å²) in [6.45, 7) is 7.37. The Morgan fingerprint density at radius 2 is 2.27 bits per heavy atom. The molecule has 0 saturated heterocycles. The van der Waals surface area contributed by atoms with Crippen LogP contribution in [0.3, 0.4) is 0 Å². The third-order valence-electron chi connectivity index (χ3n) is 2.11. The molecule has 0 aromatic carbocycles. The smallest absolute Gasteiger partial charge is 0.246 e. The molecule has 0 saturated carbocycles. The number of nitrogens with one attached hydrogen (secondary N) is 1. The van der Waals surface area contributed by atoms with E-state index in [0.29, 0.717) is 13.2 Å². The Labute approximate surface area is 94.5 Å². The summed E-state index contributed by atoms with van der Waals surface area (Å²) >= 11 is 1.72. The second-order valence-electron chi connectivity index (χ2n) is 3.37. The van der Waals surface area contributed by atoms with Crippen LogP contribution in [0.1, 0.15) is 22.2 Å². The molecule has 0 radical (unpaired) electrons. The zero-order valence-electron chi connectivity index (χ0n) is 9.42. The van der Waals surface area contributed by atoms with Crippen LogP contribution < -0.4 is 5.32 Å².